The molecule has 1 aliphatic heterocycles. The highest BCUT2D eigenvalue weighted by Crippen LogP contribution is 2.51. The van der Waals surface area contributed by atoms with E-state index in [9.17, 15) is 0 Å². The summed E-state index contributed by atoms with van der Waals surface area (Å²) in [4.78, 5) is 9.54. The molecule has 0 aliphatic carbocycles. The number of anilines is 4. The summed E-state index contributed by atoms with van der Waals surface area (Å²) >= 11 is 0. The van der Waals surface area contributed by atoms with Gasteiger partial charge in [-0.1, -0.05) is 120 Å². The molecule has 10 rings (SSSR count). The molecular weight excluding hydrogens is 776 g/mol. The van der Waals surface area contributed by atoms with Crippen molar-refractivity contribution in [3.05, 3.63) is 192 Å². The number of hydrogen-bond acceptors (Lipinski definition) is 4. The van der Waals surface area contributed by atoms with E-state index in [-0.39, 0.29) is 17.7 Å². The Morgan fingerprint density at radius 3 is 1.90 bits per heavy atom. The zero-order valence-electron chi connectivity index (χ0n) is 37.6. The first-order chi connectivity index (χ1) is 30.9. The molecule has 0 saturated carbocycles. The third-order valence-electron chi connectivity index (χ3n) is 12.4. The van der Waals surface area contributed by atoms with E-state index in [1.807, 2.05) is 68.6 Å². The molecule has 6 heteroatoms. The molecule has 0 unspecified atom stereocenters. The zero-order valence-corrected chi connectivity index (χ0v) is 36.6. The van der Waals surface area contributed by atoms with Gasteiger partial charge in [-0.3, -0.25) is 4.57 Å². The van der Waals surface area contributed by atoms with Gasteiger partial charge in [-0.25, -0.2) is 9.37 Å². The Bertz CT molecular complexity index is 3170. The smallest absolute Gasteiger partial charge is 0.137 e. The van der Waals surface area contributed by atoms with Crippen molar-refractivity contribution in [3.63, 3.8) is 0 Å². The number of fused-ring (bicyclic) bond motifs is 4. The Labute approximate surface area is 371 Å². The highest BCUT2D eigenvalue weighted by molar-refractivity contribution is 6.09. The molecule has 0 fully saturated rings. The maximum Gasteiger partial charge on any atom is 0.137 e. The Morgan fingerprint density at radius 2 is 1.19 bits per heavy atom. The van der Waals surface area contributed by atoms with Crippen molar-refractivity contribution in [2.75, 3.05) is 16.5 Å². The van der Waals surface area contributed by atoms with Crippen LogP contribution in [0.5, 0.6) is 11.5 Å². The lowest BCUT2D eigenvalue weighted by Crippen LogP contribution is -2.26. The number of benzene rings is 7. The van der Waals surface area contributed by atoms with Gasteiger partial charge >= 0.3 is 0 Å². The third kappa shape index (κ3) is 7.19. The molecule has 312 valence electrons. The Morgan fingerprint density at radius 1 is 0.556 bits per heavy atom. The van der Waals surface area contributed by atoms with E-state index in [1.54, 1.807) is 6.07 Å². The molecule has 0 bridgehead atoms. The summed E-state index contributed by atoms with van der Waals surface area (Å²) in [5.74, 6) is 1.49. The second-order valence-electron chi connectivity index (χ2n) is 17.4. The molecule has 0 spiro atoms. The molecule has 0 amide bonds. The van der Waals surface area contributed by atoms with Crippen LogP contribution in [0, 0.1) is 5.82 Å². The van der Waals surface area contributed by atoms with Crippen LogP contribution in [0.1, 0.15) is 77.3 Å². The average molecular weight is 828 g/mol. The van der Waals surface area contributed by atoms with Crippen molar-refractivity contribution < 1.29 is 10.5 Å². The van der Waals surface area contributed by atoms with Gasteiger partial charge in [0.25, 0.3) is 0 Å². The van der Waals surface area contributed by atoms with Crippen molar-refractivity contribution >= 4 is 44.6 Å². The second kappa shape index (κ2) is 16.3. The summed E-state index contributed by atoms with van der Waals surface area (Å²) in [6.45, 7) is 13.3. The summed E-state index contributed by atoms with van der Waals surface area (Å²) in [6, 6.07) is 55.4. The normalized spacial score (nSPS) is 13.1. The minimum Gasteiger partial charge on any atom is -0.457 e. The van der Waals surface area contributed by atoms with Crippen molar-refractivity contribution in [3.8, 4) is 39.6 Å². The molecule has 0 N–H and O–H groups in total. The molecule has 1 aliphatic rings. The van der Waals surface area contributed by atoms with Crippen LogP contribution < -0.4 is 14.5 Å². The van der Waals surface area contributed by atoms with Gasteiger partial charge in [-0.05, 0) is 124 Å². The molecule has 0 saturated heterocycles. The van der Waals surface area contributed by atoms with Gasteiger partial charge in [-0.2, -0.15) is 0 Å². The predicted octanol–water partition coefficient (Wildman–Crippen LogP) is 16.1. The quantitative estimate of drug-likeness (QED) is 0.138. The molecule has 0 radical (unpaired) electrons. The predicted molar refractivity (Wildman–Crippen MR) is 260 cm³/mol. The lowest BCUT2D eigenvalue weighted by molar-refractivity contribution is 0.483. The minimum atomic E-state index is -0.843. The number of rotatable bonds is 10. The minimum absolute atomic E-state index is 0.169. The molecule has 7 aromatic carbocycles. The van der Waals surface area contributed by atoms with Crippen molar-refractivity contribution in [2.24, 2.45) is 0 Å². The Hall–Kier alpha value is -7.18. The fraction of sp³-hybridized carbons (Fsp3) is 0.175. The maximum atomic E-state index is 15.4. The van der Waals surface area contributed by atoms with Crippen molar-refractivity contribution in [2.45, 2.75) is 59.3 Å². The van der Waals surface area contributed by atoms with Crippen LogP contribution in [0.4, 0.5) is 27.1 Å². The number of para-hydroxylation sites is 3. The molecule has 3 heterocycles. The average Bonchev–Trinajstić information content (AvgIpc) is 3.84. The summed E-state index contributed by atoms with van der Waals surface area (Å²) in [6.07, 6.45) is 1.82. The SMILES string of the molecule is [2H]C(C)(C)c1ccccc1-c1cc(Oc2ccc3c4ccccc4n(-c4ccccn4)c3c2)cc(N2CN(c3c(C(C)C)cc(-c4ccccc4F)cc3C(C)C)c3ccccc32)c1. The third-order valence-corrected chi connectivity index (χ3v) is 12.4. The Balaban J connectivity index is 1.13. The van der Waals surface area contributed by atoms with Crippen LogP contribution in [0.2, 0.25) is 0 Å². The van der Waals surface area contributed by atoms with Gasteiger partial charge in [0.1, 0.15) is 29.8 Å². The fourth-order valence-corrected chi connectivity index (χ4v) is 9.36. The number of ether oxygens (including phenoxy) is 1. The topological polar surface area (TPSA) is 33.5 Å². The van der Waals surface area contributed by atoms with E-state index in [4.69, 9.17) is 11.1 Å². The Kier molecular flexibility index (Phi) is 9.99. The molecular formula is C57H51FN4O. The van der Waals surface area contributed by atoms with E-state index < -0.39 is 5.89 Å². The summed E-state index contributed by atoms with van der Waals surface area (Å²) < 4.78 is 33.7. The lowest BCUT2D eigenvalue weighted by atomic mass is 9.87. The van der Waals surface area contributed by atoms with E-state index in [2.05, 4.69) is 145 Å². The summed E-state index contributed by atoms with van der Waals surface area (Å²) in [7, 11) is 0. The summed E-state index contributed by atoms with van der Waals surface area (Å²) in [5, 5.41) is 2.26. The second-order valence-corrected chi connectivity index (χ2v) is 17.4. The number of pyridine rings is 1. The van der Waals surface area contributed by atoms with Crippen LogP contribution in [0.15, 0.2) is 170 Å². The zero-order chi connectivity index (χ0) is 44.3. The maximum absolute atomic E-state index is 15.4. The molecule has 0 atom stereocenters. The van der Waals surface area contributed by atoms with E-state index in [1.165, 1.54) is 17.2 Å². The number of aromatic nitrogens is 2. The molecule has 63 heavy (non-hydrogen) atoms. The lowest BCUT2D eigenvalue weighted by Gasteiger charge is -2.30. The number of nitrogens with zero attached hydrogens (tertiary/aromatic N) is 4. The number of halogens is 1. The van der Waals surface area contributed by atoms with Crippen LogP contribution >= 0.6 is 0 Å². The van der Waals surface area contributed by atoms with Crippen molar-refractivity contribution in [1.29, 1.82) is 0 Å². The van der Waals surface area contributed by atoms with Crippen LogP contribution in [-0.4, -0.2) is 16.2 Å². The van der Waals surface area contributed by atoms with Crippen LogP contribution in [0.25, 0.3) is 49.9 Å². The highest BCUT2D eigenvalue weighted by Gasteiger charge is 2.33. The van der Waals surface area contributed by atoms with Crippen LogP contribution in [0.3, 0.4) is 0 Å². The van der Waals surface area contributed by atoms with Gasteiger partial charge in [0, 0.05) is 47.4 Å². The first-order valence-corrected chi connectivity index (χ1v) is 21.9. The first kappa shape index (κ1) is 38.7. The van der Waals surface area contributed by atoms with E-state index in [0.29, 0.717) is 23.7 Å². The largest absolute Gasteiger partial charge is 0.457 e. The van der Waals surface area contributed by atoms with Gasteiger partial charge in [-0.15, -0.1) is 0 Å². The monoisotopic (exact) mass is 827 g/mol. The van der Waals surface area contributed by atoms with Crippen molar-refractivity contribution in [1.82, 2.24) is 9.55 Å². The van der Waals surface area contributed by atoms with E-state index >= 15 is 4.39 Å². The van der Waals surface area contributed by atoms with Crippen LogP contribution in [-0.2, 0) is 0 Å². The number of hydrogen-bond donors (Lipinski definition) is 0. The highest BCUT2D eigenvalue weighted by atomic mass is 19.1. The molecule has 5 nitrogen and oxygen atoms in total. The molecule has 2 aromatic heterocycles. The van der Waals surface area contributed by atoms with Gasteiger partial charge in [0.05, 0.1) is 22.4 Å². The van der Waals surface area contributed by atoms with Gasteiger partial charge < -0.3 is 14.5 Å². The first-order valence-electron chi connectivity index (χ1n) is 22.4. The molecule has 9 aromatic rings. The van der Waals surface area contributed by atoms with E-state index in [0.717, 1.165) is 72.6 Å². The van der Waals surface area contributed by atoms with Gasteiger partial charge in [0.2, 0.25) is 0 Å². The fourth-order valence-electron chi connectivity index (χ4n) is 9.36. The standard InChI is InChI=1S/C57H51FN4O/c1-36(2)44-17-7-8-18-45(44)39-29-41(33-43(30-39)63-42-26-27-48-47-20-10-12-22-52(47)62(55(48)34-42)56-25-15-16-28-59-56)60-35-61(54-24-14-13-23-53(54)60)57-49(37(3)4)31-40(32-50(57)38(5)6)46-19-9-11-21-51(46)58/h7-34,36-38H,35H2,1-6H3/i36D. The summed E-state index contributed by atoms with van der Waals surface area (Å²) in [5.41, 5.74) is 13.1. The van der Waals surface area contributed by atoms with Gasteiger partial charge in [0.15, 0.2) is 0 Å².